The van der Waals surface area contributed by atoms with Crippen LogP contribution in [0.3, 0.4) is 0 Å². The van der Waals surface area contributed by atoms with E-state index >= 15 is 0 Å². The van der Waals surface area contributed by atoms with Gasteiger partial charge in [0.05, 0.1) is 18.5 Å². The molecule has 1 atom stereocenters. The number of benzene rings is 2. The lowest BCUT2D eigenvalue weighted by atomic mass is 10.2. The molecule has 146 valence electrons. The summed E-state index contributed by atoms with van der Waals surface area (Å²) in [6, 6.07) is 13.2. The highest BCUT2D eigenvalue weighted by Gasteiger charge is 2.31. The van der Waals surface area contributed by atoms with Gasteiger partial charge >= 0.3 is 0 Å². The van der Waals surface area contributed by atoms with Gasteiger partial charge < -0.3 is 10.1 Å². The molecule has 0 radical (unpaired) electrons. The maximum absolute atomic E-state index is 13.2. The van der Waals surface area contributed by atoms with Gasteiger partial charge in [-0.25, -0.2) is 12.8 Å². The molecule has 2 aromatic carbocycles. The number of sulfonamides is 1. The standard InChI is InChI=1S/C19H23FN2O4S/c1-3-18(19(23)21-13-14-26-17-7-5-4-6-8-17)22(27(2,24)25)16-11-9-15(20)10-12-16/h4-12,18H,3,13-14H2,1-2H3,(H,21,23)/t18-/m0/s1. The van der Waals surface area contributed by atoms with Gasteiger partial charge in [0.1, 0.15) is 24.2 Å². The lowest BCUT2D eigenvalue weighted by Crippen LogP contribution is -2.50. The number of hydrogen-bond donors (Lipinski definition) is 1. The Morgan fingerprint density at radius 2 is 1.78 bits per heavy atom. The Labute approximate surface area is 159 Å². The van der Waals surface area contributed by atoms with Gasteiger partial charge in [-0.2, -0.15) is 0 Å². The largest absolute Gasteiger partial charge is 0.492 e. The first-order valence-corrected chi connectivity index (χ1v) is 10.4. The Kier molecular flexibility index (Phi) is 7.18. The number of halogens is 1. The van der Waals surface area contributed by atoms with Crippen LogP contribution in [0.1, 0.15) is 13.3 Å². The molecule has 6 nitrogen and oxygen atoms in total. The van der Waals surface area contributed by atoms with Crippen molar-refractivity contribution in [2.45, 2.75) is 19.4 Å². The number of amides is 1. The summed E-state index contributed by atoms with van der Waals surface area (Å²) < 4.78 is 44.2. The Morgan fingerprint density at radius 1 is 1.15 bits per heavy atom. The van der Waals surface area contributed by atoms with Crippen LogP contribution < -0.4 is 14.4 Å². The highest BCUT2D eigenvalue weighted by atomic mass is 32.2. The van der Waals surface area contributed by atoms with E-state index in [9.17, 15) is 17.6 Å². The molecule has 2 aromatic rings. The number of rotatable bonds is 9. The monoisotopic (exact) mass is 394 g/mol. The van der Waals surface area contributed by atoms with Crippen LogP contribution >= 0.6 is 0 Å². The predicted octanol–water partition coefficient (Wildman–Crippen LogP) is 2.57. The van der Waals surface area contributed by atoms with Crippen molar-refractivity contribution < 1.29 is 22.3 Å². The molecule has 1 N–H and O–H groups in total. The summed E-state index contributed by atoms with van der Waals surface area (Å²) in [5, 5.41) is 2.69. The van der Waals surface area contributed by atoms with Crippen LogP contribution in [0.2, 0.25) is 0 Å². The molecular formula is C19H23FN2O4S. The van der Waals surface area contributed by atoms with Crippen molar-refractivity contribution in [3.05, 3.63) is 60.4 Å². The van der Waals surface area contributed by atoms with Crippen molar-refractivity contribution in [1.82, 2.24) is 5.32 Å². The fraction of sp³-hybridized carbons (Fsp3) is 0.316. The summed E-state index contributed by atoms with van der Waals surface area (Å²) in [6.45, 7) is 2.19. The van der Waals surface area contributed by atoms with E-state index in [1.807, 2.05) is 18.2 Å². The van der Waals surface area contributed by atoms with E-state index in [4.69, 9.17) is 4.74 Å². The number of hydrogen-bond acceptors (Lipinski definition) is 4. The third-order valence-corrected chi connectivity index (χ3v) is 5.00. The van der Waals surface area contributed by atoms with E-state index in [1.54, 1.807) is 19.1 Å². The van der Waals surface area contributed by atoms with E-state index in [-0.39, 0.29) is 25.3 Å². The van der Waals surface area contributed by atoms with Crippen molar-refractivity contribution >= 4 is 21.6 Å². The topological polar surface area (TPSA) is 75.7 Å². The maximum Gasteiger partial charge on any atom is 0.244 e. The lowest BCUT2D eigenvalue weighted by Gasteiger charge is -2.30. The molecule has 0 saturated carbocycles. The second-order valence-electron chi connectivity index (χ2n) is 5.91. The predicted molar refractivity (Wildman–Crippen MR) is 103 cm³/mol. The number of nitrogens with one attached hydrogen (secondary N) is 1. The number of para-hydroxylation sites is 1. The first-order chi connectivity index (χ1) is 12.8. The second-order valence-corrected chi connectivity index (χ2v) is 7.77. The molecule has 0 bridgehead atoms. The number of nitrogens with zero attached hydrogens (tertiary/aromatic N) is 1. The normalized spacial score (nSPS) is 12.3. The van der Waals surface area contributed by atoms with Crippen LogP contribution in [-0.4, -0.2) is 39.8 Å². The molecule has 0 heterocycles. The van der Waals surface area contributed by atoms with E-state index in [1.165, 1.54) is 12.1 Å². The van der Waals surface area contributed by atoms with Gasteiger partial charge in [-0.05, 0) is 42.8 Å². The van der Waals surface area contributed by atoms with Gasteiger partial charge in [0.25, 0.3) is 0 Å². The SMILES string of the molecule is CC[C@@H](C(=O)NCCOc1ccccc1)N(c1ccc(F)cc1)S(C)(=O)=O. The second kappa shape index (κ2) is 9.36. The number of ether oxygens (including phenoxy) is 1. The van der Waals surface area contributed by atoms with Crippen molar-refractivity contribution in [1.29, 1.82) is 0 Å². The molecule has 0 saturated heterocycles. The van der Waals surface area contributed by atoms with E-state index in [0.29, 0.717) is 5.75 Å². The van der Waals surface area contributed by atoms with E-state index in [0.717, 1.165) is 22.7 Å². The van der Waals surface area contributed by atoms with Gasteiger partial charge in [0.15, 0.2) is 0 Å². The Balaban J connectivity index is 2.04. The van der Waals surface area contributed by atoms with Gasteiger partial charge in [0.2, 0.25) is 15.9 Å². The van der Waals surface area contributed by atoms with Crippen molar-refractivity contribution in [2.24, 2.45) is 0 Å². The van der Waals surface area contributed by atoms with Crippen molar-refractivity contribution in [3.8, 4) is 5.75 Å². The summed E-state index contributed by atoms with van der Waals surface area (Å²) in [5.41, 5.74) is 0.237. The average Bonchev–Trinajstić information content (AvgIpc) is 2.64. The number of carbonyl (C=O) groups excluding carboxylic acids is 1. The molecule has 0 aliphatic rings. The molecule has 0 fully saturated rings. The minimum Gasteiger partial charge on any atom is -0.492 e. The molecule has 0 aliphatic heterocycles. The molecular weight excluding hydrogens is 371 g/mol. The molecule has 0 aliphatic carbocycles. The van der Waals surface area contributed by atoms with Crippen LogP contribution in [-0.2, 0) is 14.8 Å². The zero-order valence-corrected chi connectivity index (χ0v) is 16.1. The van der Waals surface area contributed by atoms with Crippen molar-refractivity contribution in [2.75, 3.05) is 23.7 Å². The Bertz CT molecular complexity index is 842. The maximum atomic E-state index is 13.2. The van der Waals surface area contributed by atoms with Crippen molar-refractivity contribution in [3.63, 3.8) is 0 Å². The minimum absolute atomic E-state index is 0.227. The van der Waals surface area contributed by atoms with Crippen LogP contribution in [0, 0.1) is 5.82 Å². The average molecular weight is 394 g/mol. The zero-order valence-electron chi connectivity index (χ0n) is 15.3. The van der Waals surface area contributed by atoms with E-state index in [2.05, 4.69) is 5.32 Å². The molecule has 0 spiro atoms. The molecule has 1 amide bonds. The van der Waals surface area contributed by atoms with Crippen LogP contribution in [0.25, 0.3) is 0 Å². The third-order valence-electron chi connectivity index (χ3n) is 3.82. The van der Waals surface area contributed by atoms with Gasteiger partial charge in [-0.3, -0.25) is 9.10 Å². The van der Waals surface area contributed by atoms with E-state index < -0.39 is 27.8 Å². The third kappa shape index (κ3) is 5.96. The minimum atomic E-state index is -3.74. The smallest absolute Gasteiger partial charge is 0.244 e. The van der Waals surface area contributed by atoms with Crippen LogP contribution in [0.5, 0.6) is 5.75 Å². The summed E-state index contributed by atoms with van der Waals surface area (Å²) >= 11 is 0. The Morgan fingerprint density at radius 3 is 2.33 bits per heavy atom. The summed E-state index contributed by atoms with van der Waals surface area (Å²) in [7, 11) is -3.74. The van der Waals surface area contributed by atoms with Gasteiger partial charge in [-0.1, -0.05) is 25.1 Å². The molecule has 27 heavy (non-hydrogen) atoms. The molecule has 0 unspecified atom stereocenters. The van der Waals surface area contributed by atoms with Crippen LogP contribution in [0.15, 0.2) is 54.6 Å². The molecule has 8 heteroatoms. The number of carbonyl (C=O) groups is 1. The highest BCUT2D eigenvalue weighted by Crippen LogP contribution is 2.22. The van der Waals surface area contributed by atoms with Gasteiger partial charge in [-0.15, -0.1) is 0 Å². The zero-order chi connectivity index (χ0) is 19.9. The first kappa shape index (κ1) is 20.7. The van der Waals surface area contributed by atoms with Crippen LogP contribution in [0.4, 0.5) is 10.1 Å². The fourth-order valence-corrected chi connectivity index (χ4v) is 3.84. The highest BCUT2D eigenvalue weighted by molar-refractivity contribution is 7.92. The quantitative estimate of drug-likeness (QED) is 0.664. The molecule has 2 rings (SSSR count). The first-order valence-electron chi connectivity index (χ1n) is 8.53. The lowest BCUT2D eigenvalue weighted by molar-refractivity contribution is -0.122. The Hall–Kier alpha value is -2.61. The molecule has 0 aromatic heterocycles. The van der Waals surface area contributed by atoms with Gasteiger partial charge in [0, 0.05) is 0 Å². The number of anilines is 1. The summed E-state index contributed by atoms with van der Waals surface area (Å²) in [6.07, 6.45) is 1.28. The summed E-state index contributed by atoms with van der Waals surface area (Å²) in [5.74, 6) is -0.241. The fourth-order valence-electron chi connectivity index (χ4n) is 2.63. The summed E-state index contributed by atoms with van der Waals surface area (Å²) in [4.78, 5) is 12.6.